The first-order valence-electron chi connectivity index (χ1n) is 5.04. The summed E-state index contributed by atoms with van der Waals surface area (Å²) in [5.74, 6) is -4.54. The van der Waals surface area contributed by atoms with Crippen LogP contribution in [0.25, 0.3) is 0 Å². The number of benzene rings is 2. The summed E-state index contributed by atoms with van der Waals surface area (Å²) in [7, 11) is 0. The smallest absolute Gasteiger partial charge is 0.196 e. The zero-order valence-corrected chi connectivity index (χ0v) is 11.5. The van der Waals surface area contributed by atoms with Gasteiger partial charge in [0.1, 0.15) is 5.82 Å². The van der Waals surface area contributed by atoms with Crippen molar-refractivity contribution < 1.29 is 18.0 Å². The molecule has 98 valence electrons. The van der Waals surface area contributed by atoms with Gasteiger partial charge in [0.25, 0.3) is 0 Å². The third kappa shape index (κ3) is 2.98. The van der Waals surface area contributed by atoms with Crippen LogP contribution in [-0.4, -0.2) is 5.78 Å². The fourth-order valence-electron chi connectivity index (χ4n) is 1.54. The Morgan fingerprint density at radius 1 is 0.947 bits per heavy atom. The Bertz CT molecular complexity index is 653. The highest BCUT2D eigenvalue weighted by molar-refractivity contribution is 9.10. The second kappa shape index (κ2) is 5.35. The van der Waals surface area contributed by atoms with Crippen LogP contribution in [0.1, 0.15) is 15.9 Å². The van der Waals surface area contributed by atoms with Crippen molar-refractivity contribution in [3.05, 3.63) is 68.4 Å². The van der Waals surface area contributed by atoms with Crippen molar-refractivity contribution in [2.75, 3.05) is 0 Å². The first-order chi connectivity index (χ1) is 8.88. The average Bonchev–Trinajstić information content (AvgIpc) is 2.31. The Morgan fingerprint density at radius 3 is 2.21 bits per heavy atom. The van der Waals surface area contributed by atoms with Gasteiger partial charge in [-0.05, 0) is 24.3 Å². The predicted octanol–water partition coefficient (Wildman–Crippen LogP) is 4.75. The predicted molar refractivity (Wildman–Crippen MR) is 68.9 cm³/mol. The van der Waals surface area contributed by atoms with E-state index in [9.17, 15) is 18.0 Å². The zero-order valence-electron chi connectivity index (χ0n) is 9.18. The minimum Gasteiger partial charge on any atom is -0.288 e. The van der Waals surface area contributed by atoms with Gasteiger partial charge in [-0.3, -0.25) is 4.79 Å². The molecule has 1 nitrogen and oxygen atoms in total. The zero-order chi connectivity index (χ0) is 14.2. The molecule has 0 saturated carbocycles. The Labute approximate surface area is 120 Å². The lowest BCUT2D eigenvalue weighted by atomic mass is 10.0. The monoisotopic (exact) mass is 348 g/mol. The fourth-order valence-corrected chi connectivity index (χ4v) is 2.40. The molecule has 2 aromatic carbocycles. The molecule has 0 spiro atoms. The van der Waals surface area contributed by atoms with Gasteiger partial charge in [-0.25, -0.2) is 13.2 Å². The van der Waals surface area contributed by atoms with E-state index in [4.69, 9.17) is 11.6 Å². The van der Waals surface area contributed by atoms with Crippen LogP contribution in [-0.2, 0) is 0 Å². The number of carbonyl (C=O) groups is 1. The van der Waals surface area contributed by atoms with Crippen LogP contribution in [0.5, 0.6) is 0 Å². The van der Waals surface area contributed by atoms with Crippen molar-refractivity contribution in [2.24, 2.45) is 0 Å². The second-order valence-corrected chi connectivity index (χ2v) is 5.09. The molecule has 0 aromatic heterocycles. The number of ketones is 1. The molecule has 0 aliphatic rings. The summed E-state index contributed by atoms with van der Waals surface area (Å²) in [6, 6.07) is 5.13. The molecule has 0 bridgehead atoms. The average molecular weight is 350 g/mol. The normalized spacial score (nSPS) is 10.6. The van der Waals surface area contributed by atoms with Gasteiger partial charge in [0.2, 0.25) is 0 Å². The minimum atomic E-state index is -1.35. The van der Waals surface area contributed by atoms with Gasteiger partial charge in [-0.2, -0.15) is 0 Å². The van der Waals surface area contributed by atoms with E-state index >= 15 is 0 Å². The molecule has 2 rings (SSSR count). The maximum Gasteiger partial charge on any atom is 0.196 e. The van der Waals surface area contributed by atoms with Crippen LogP contribution in [0.3, 0.4) is 0 Å². The summed E-state index contributed by atoms with van der Waals surface area (Å²) < 4.78 is 39.9. The molecule has 0 fully saturated rings. The number of hydrogen-bond donors (Lipinski definition) is 0. The Hall–Kier alpha value is -1.33. The minimum absolute atomic E-state index is 0.0734. The van der Waals surface area contributed by atoms with E-state index in [1.807, 2.05) is 0 Å². The van der Waals surface area contributed by atoms with Crippen molar-refractivity contribution in [1.29, 1.82) is 0 Å². The molecule has 2 aromatic rings. The lowest BCUT2D eigenvalue weighted by Crippen LogP contribution is -2.06. The standard InChI is InChI=1S/C13H5BrClF3O/c14-7-1-6(2-8(15)3-7)13(19)9-4-11(17)12(18)5-10(9)16/h1-5H. The lowest BCUT2D eigenvalue weighted by Gasteiger charge is -2.05. The van der Waals surface area contributed by atoms with Crippen LogP contribution < -0.4 is 0 Å². The molecule has 0 saturated heterocycles. The van der Waals surface area contributed by atoms with E-state index in [1.54, 1.807) is 6.07 Å². The van der Waals surface area contributed by atoms with Crippen molar-refractivity contribution >= 4 is 33.3 Å². The van der Waals surface area contributed by atoms with Crippen LogP contribution >= 0.6 is 27.5 Å². The van der Waals surface area contributed by atoms with Crippen LogP contribution in [0.2, 0.25) is 5.02 Å². The lowest BCUT2D eigenvalue weighted by molar-refractivity contribution is 0.103. The summed E-state index contributed by atoms with van der Waals surface area (Å²) in [5, 5.41) is 0.265. The first-order valence-corrected chi connectivity index (χ1v) is 6.21. The van der Waals surface area contributed by atoms with Gasteiger partial charge in [0.05, 0.1) is 5.56 Å². The van der Waals surface area contributed by atoms with E-state index in [-0.39, 0.29) is 10.6 Å². The molecule has 0 unspecified atom stereocenters. The molecule has 0 radical (unpaired) electrons. The van der Waals surface area contributed by atoms with Crippen LogP contribution in [0.4, 0.5) is 13.2 Å². The van der Waals surface area contributed by atoms with Gasteiger partial charge >= 0.3 is 0 Å². The van der Waals surface area contributed by atoms with E-state index in [0.29, 0.717) is 16.6 Å². The molecule has 0 aliphatic carbocycles. The van der Waals surface area contributed by atoms with Crippen molar-refractivity contribution in [3.63, 3.8) is 0 Å². The van der Waals surface area contributed by atoms with Crippen molar-refractivity contribution in [3.8, 4) is 0 Å². The Balaban J connectivity index is 2.53. The molecule has 0 amide bonds. The molecular formula is C13H5BrClF3O. The molecule has 0 aliphatic heterocycles. The fraction of sp³-hybridized carbons (Fsp3) is 0. The number of halogens is 5. The molecule has 6 heteroatoms. The van der Waals surface area contributed by atoms with E-state index in [0.717, 1.165) is 0 Å². The quantitative estimate of drug-likeness (QED) is 0.565. The SMILES string of the molecule is O=C(c1cc(Cl)cc(Br)c1)c1cc(F)c(F)cc1F. The summed E-state index contributed by atoms with van der Waals surface area (Å²) in [5.41, 5.74) is -0.475. The van der Waals surface area contributed by atoms with Crippen LogP contribution in [0.15, 0.2) is 34.8 Å². The van der Waals surface area contributed by atoms with Gasteiger partial charge in [-0.1, -0.05) is 27.5 Å². The van der Waals surface area contributed by atoms with Gasteiger partial charge in [0, 0.05) is 21.1 Å². The summed E-state index contributed by atoms with van der Waals surface area (Å²) in [6.45, 7) is 0. The number of hydrogen-bond acceptors (Lipinski definition) is 1. The van der Waals surface area contributed by atoms with Crippen molar-refractivity contribution in [2.45, 2.75) is 0 Å². The van der Waals surface area contributed by atoms with E-state index in [2.05, 4.69) is 15.9 Å². The summed E-state index contributed by atoms with van der Waals surface area (Å²) in [6.07, 6.45) is 0. The third-order valence-electron chi connectivity index (χ3n) is 2.38. The number of carbonyl (C=O) groups excluding carboxylic acids is 1. The second-order valence-electron chi connectivity index (χ2n) is 3.73. The highest BCUT2D eigenvalue weighted by atomic mass is 79.9. The van der Waals surface area contributed by atoms with Gasteiger partial charge in [-0.15, -0.1) is 0 Å². The first kappa shape index (κ1) is 14.1. The largest absolute Gasteiger partial charge is 0.288 e. The van der Waals surface area contributed by atoms with Crippen molar-refractivity contribution in [1.82, 2.24) is 0 Å². The molecule has 0 N–H and O–H groups in total. The Kier molecular flexibility index (Phi) is 3.96. The highest BCUT2D eigenvalue weighted by Gasteiger charge is 2.18. The van der Waals surface area contributed by atoms with E-state index in [1.165, 1.54) is 12.1 Å². The molecule has 0 atom stereocenters. The van der Waals surface area contributed by atoms with E-state index < -0.39 is 28.8 Å². The summed E-state index contributed by atoms with van der Waals surface area (Å²) in [4.78, 5) is 12.0. The third-order valence-corrected chi connectivity index (χ3v) is 3.06. The molecule has 0 heterocycles. The molecular weight excluding hydrogens is 344 g/mol. The highest BCUT2D eigenvalue weighted by Crippen LogP contribution is 2.23. The van der Waals surface area contributed by atoms with Crippen LogP contribution in [0, 0.1) is 17.5 Å². The topological polar surface area (TPSA) is 17.1 Å². The van der Waals surface area contributed by atoms with Gasteiger partial charge < -0.3 is 0 Å². The maximum absolute atomic E-state index is 13.5. The number of rotatable bonds is 2. The Morgan fingerprint density at radius 2 is 1.58 bits per heavy atom. The summed E-state index contributed by atoms with van der Waals surface area (Å²) >= 11 is 8.90. The molecule has 19 heavy (non-hydrogen) atoms. The van der Waals surface area contributed by atoms with Gasteiger partial charge in [0.15, 0.2) is 17.4 Å². The maximum atomic E-state index is 13.5.